The summed E-state index contributed by atoms with van der Waals surface area (Å²) in [7, 11) is 0. The van der Waals surface area contributed by atoms with Crippen LogP contribution in [0.1, 0.15) is 29.8 Å². The molecular weight excluding hydrogens is 194 g/mol. The van der Waals surface area contributed by atoms with Gasteiger partial charge in [0.2, 0.25) is 0 Å². The van der Waals surface area contributed by atoms with Crippen LogP contribution in [0.25, 0.3) is 0 Å². The van der Waals surface area contributed by atoms with Crippen molar-refractivity contribution in [2.24, 2.45) is 5.73 Å². The number of likely N-dealkylation sites (tertiary alicyclic amines) is 1. The minimum absolute atomic E-state index is 0.0705. The Bertz CT molecular complexity index is 323. The Balaban J connectivity index is 2.11. The standard InChI is InChI=1S/C10H15N3O2/c11-7-8-3-1-2-5-13(8)10(14)9-4-6-15-12-9/h4,6,8H,1-3,5,7,11H2. The topological polar surface area (TPSA) is 72.4 Å². The largest absolute Gasteiger partial charge is 0.364 e. The van der Waals surface area contributed by atoms with Gasteiger partial charge >= 0.3 is 0 Å². The van der Waals surface area contributed by atoms with Crippen LogP contribution >= 0.6 is 0 Å². The van der Waals surface area contributed by atoms with Crippen molar-refractivity contribution in [1.29, 1.82) is 0 Å². The van der Waals surface area contributed by atoms with Gasteiger partial charge in [-0.1, -0.05) is 5.16 Å². The third kappa shape index (κ3) is 2.02. The predicted molar refractivity (Wildman–Crippen MR) is 54.2 cm³/mol. The minimum Gasteiger partial charge on any atom is -0.364 e. The lowest BCUT2D eigenvalue weighted by molar-refractivity contribution is 0.0613. The second-order valence-corrected chi connectivity index (χ2v) is 3.77. The molecule has 15 heavy (non-hydrogen) atoms. The second-order valence-electron chi connectivity index (χ2n) is 3.77. The Labute approximate surface area is 88.2 Å². The zero-order chi connectivity index (χ0) is 10.7. The zero-order valence-electron chi connectivity index (χ0n) is 8.56. The molecule has 2 heterocycles. The van der Waals surface area contributed by atoms with Crippen LogP contribution in [0, 0.1) is 0 Å². The van der Waals surface area contributed by atoms with Gasteiger partial charge in [0, 0.05) is 25.2 Å². The molecule has 1 saturated heterocycles. The summed E-state index contributed by atoms with van der Waals surface area (Å²) >= 11 is 0. The monoisotopic (exact) mass is 209 g/mol. The van der Waals surface area contributed by atoms with Crippen LogP contribution in [0.2, 0.25) is 0 Å². The first-order valence-corrected chi connectivity index (χ1v) is 5.24. The third-order valence-electron chi connectivity index (χ3n) is 2.82. The van der Waals surface area contributed by atoms with E-state index in [0.717, 1.165) is 25.8 Å². The van der Waals surface area contributed by atoms with Gasteiger partial charge in [-0.05, 0) is 19.3 Å². The summed E-state index contributed by atoms with van der Waals surface area (Å²) < 4.78 is 4.67. The SMILES string of the molecule is NCC1CCCCN1C(=O)c1ccon1. The fraction of sp³-hybridized carbons (Fsp3) is 0.600. The molecule has 2 N–H and O–H groups in total. The van der Waals surface area contributed by atoms with Gasteiger partial charge in [0.1, 0.15) is 6.26 Å². The van der Waals surface area contributed by atoms with Crippen LogP contribution in [0.15, 0.2) is 16.9 Å². The first-order chi connectivity index (χ1) is 7.33. The Morgan fingerprint density at radius 3 is 3.20 bits per heavy atom. The number of rotatable bonds is 2. The first-order valence-electron chi connectivity index (χ1n) is 5.24. The molecule has 1 fully saturated rings. The number of aromatic nitrogens is 1. The van der Waals surface area contributed by atoms with E-state index in [1.807, 2.05) is 0 Å². The molecule has 1 amide bonds. The van der Waals surface area contributed by atoms with Gasteiger partial charge < -0.3 is 15.2 Å². The van der Waals surface area contributed by atoms with Crippen molar-refractivity contribution in [1.82, 2.24) is 10.1 Å². The van der Waals surface area contributed by atoms with Gasteiger partial charge in [-0.2, -0.15) is 0 Å². The molecule has 0 aliphatic carbocycles. The van der Waals surface area contributed by atoms with Gasteiger partial charge in [-0.3, -0.25) is 4.79 Å². The van der Waals surface area contributed by atoms with E-state index in [2.05, 4.69) is 9.68 Å². The average Bonchev–Trinajstić information content (AvgIpc) is 2.81. The molecule has 1 aromatic heterocycles. The molecule has 1 atom stereocenters. The molecule has 0 saturated carbocycles. The van der Waals surface area contributed by atoms with E-state index in [-0.39, 0.29) is 11.9 Å². The number of nitrogens with zero attached hydrogens (tertiary/aromatic N) is 2. The molecule has 0 spiro atoms. The van der Waals surface area contributed by atoms with Gasteiger partial charge in [0.25, 0.3) is 5.91 Å². The summed E-state index contributed by atoms with van der Waals surface area (Å²) in [4.78, 5) is 13.8. The molecule has 1 unspecified atom stereocenters. The highest BCUT2D eigenvalue weighted by molar-refractivity contribution is 5.92. The number of amides is 1. The molecular formula is C10H15N3O2. The number of nitrogens with two attached hydrogens (primary N) is 1. The maximum atomic E-state index is 12.0. The fourth-order valence-corrected chi connectivity index (χ4v) is 1.98. The Morgan fingerprint density at radius 1 is 1.67 bits per heavy atom. The van der Waals surface area contributed by atoms with Crippen molar-refractivity contribution in [2.45, 2.75) is 25.3 Å². The van der Waals surface area contributed by atoms with Gasteiger partial charge in [0.15, 0.2) is 5.69 Å². The van der Waals surface area contributed by atoms with E-state index >= 15 is 0 Å². The summed E-state index contributed by atoms with van der Waals surface area (Å²) in [6.07, 6.45) is 4.58. The van der Waals surface area contributed by atoms with Crippen LogP contribution in [0.5, 0.6) is 0 Å². The van der Waals surface area contributed by atoms with Crippen molar-refractivity contribution in [2.75, 3.05) is 13.1 Å². The second kappa shape index (κ2) is 4.44. The van der Waals surface area contributed by atoms with Crippen molar-refractivity contribution in [3.8, 4) is 0 Å². The smallest absolute Gasteiger partial charge is 0.276 e. The summed E-state index contributed by atoms with van der Waals surface area (Å²) in [5.74, 6) is -0.0705. The molecule has 5 nitrogen and oxygen atoms in total. The fourth-order valence-electron chi connectivity index (χ4n) is 1.98. The molecule has 0 radical (unpaired) electrons. The number of hydrogen-bond acceptors (Lipinski definition) is 4. The van der Waals surface area contributed by atoms with Crippen LogP contribution in [-0.2, 0) is 0 Å². The molecule has 1 aliphatic heterocycles. The molecule has 0 aromatic carbocycles. The van der Waals surface area contributed by atoms with Gasteiger partial charge in [-0.15, -0.1) is 0 Å². The highest BCUT2D eigenvalue weighted by atomic mass is 16.5. The number of carbonyl (C=O) groups excluding carboxylic acids is 1. The van der Waals surface area contributed by atoms with E-state index in [0.29, 0.717) is 12.2 Å². The number of carbonyl (C=O) groups is 1. The maximum absolute atomic E-state index is 12.0. The molecule has 1 aromatic rings. The third-order valence-corrected chi connectivity index (χ3v) is 2.82. The quantitative estimate of drug-likeness (QED) is 0.775. The van der Waals surface area contributed by atoms with Crippen LogP contribution in [0.4, 0.5) is 0 Å². The summed E-state index contributed by atoms with van der Waals surface area (Å²) in [6.45, 7) is 1.29. The van der Waals surface area contributed by atoms with Crippen LogP contribution in [-0.4, -0.2) is 35.1 Å². The van der Waals surface area contributed by atoms with Gasteiger partial charge in [0.05, 0.1) is 0 Å². The van der Waals surface area contributed by atoms with E-state index in [4.69, 9.17) is 5.73 Å². The summed E-state index contributed by atoms with van der Waals surface area (Å²) in [5.41, 5.74) is 6.02. The van der Waals surface area contributed by atoms with Crippen LogP contribution < -0.4 is 5.73 Å². The van der Waals surface area contributed by atoms with E-state index < -0.39 is 0 Å². The number of hydrogen-bond donors (Lipinski definition) is 1. The van der Waals surface area contributed by atoms with Crippen LogP contribution in [0.3, 0.4) is 0 Å². The summed E-state index contributed by atoms with van der Waals surface area (Å²) in [6, 6.07) is 1.74. The molecule has 5 heteroatoms. The van der Waals surface area contributed by atoms with Crippen molar-refractivity contribution < 1.29 is 9.32 Å². The minimum atomic E-state index is -0.0705. The molecule has 1 aliphatic rings. The van der Waals surface area contributed by atoms with Crippen molar-refractivity contribution in [3.63, 3.8) is 0 Å². The molecule has 2 rings (SSSR count). The highest BCUT2D eigenvalue weighted by Gasteiger charge is 2.27. The maximum Gasteiger partial charge on any atom is 0.276 e. The lowest BCUT2D eigenvalue weighted by atomic mass is 10.0. The zero-order valence-corrected chi connectivity index (χ0v) is 8.56. The normalized spacial score (nSPS) is 21.7. The van der Waals surface area contributed by atoms with Crippen molar-refractivity contribution in [3.05, 3.63) is 18.0 Å². The highest BCUT2D eigenvalue weighted by Crippen LogP contribution is 2.18. The first kappa shape index (κ1) is 10.2. The van der Waals surface area contributed by atoms with E-state index in [1.165, 1.54) is 6.26 Å². The molecule has 0 bridgehead atoms. The Kier molecular flexibility index (Phi) is 3.01. The van der Waals surface area contributed by atoms with Gasteiger partial charge in [-0.25, -0.2) is 0 Å². The Hall–Kier alpha value is -1.36. The molecule has 82 valence electrons. The predicted octanol–water partition coefficient (Wildman–Crippen LogP) is 0.628. The lowest BCUT2D eigenvalue weighted by Gasteiger charge is -2.34. The van der Waals surface area contributed by atoms with E-state index in [9.17, 15) is 4.79 Å². The van der Waals surface area contributed by atoms with E-state index in [1.54, 1.807) is 11.0 Å². The average molecular weight is 209 g/mol. The number of piperidine rings is 1. The summed E-state index contributed by atoms with van der Waals surface area (Å²) in [5, 5.41) is 3.65. The lowest BCUT2D eigenvalue weighted by Crippen LogP contribution is -2.47. The van der Waals surface area contributed by atoms with Crippen molar-refractivity contribution >= 4 is 5.91 Å². The Morgan fingerprint density at radius 2 is 2.53 bits per heavy atom.